The maximum absolute atomic E-state index is 11.2. The molecule has 3 N–H and O–H groups in total. The Kier molecular flexibility index (Phi) is 3.23. The third kappa shape index (κ3) is 2.03. The van der Waals surface area contributed by atoms with E-state index in [0.717, 1.165) is 30.4 Å². The number of hydrogen-bond acceptors (Lipinski definition) is 4. The minimum absolute atomic E-state index is 0.0997. The van der Waals surface area contributed by atoms with Gasteiger partial charge in [-0.25, -0.2) is 0 Å². The van der Waals surface area contributed by atoms with Gasteiger partial charge in [-0.1, -0.05) is 19.1 Å². The summed E-state index contributed by atoms with van der Waals surface area (Å²) in [7, 11) is -4.09. The van der Waals surface area contributed by atoms with Crippen molar-refractivity contribution in [2.45, 2.75) is 51.4 Å². The van der Waals surface area contributed by atoms with Gasteiger partial charge in [0.05, 0.1) is 0 Å². The van der Waals surface area contributed by atoms with Crippen LogP contribution in [0.2, 0.25) is 0 Å². The number of phenols is 1. The number of aryl methyl sites for hydroxylation is 1. The first kappa shape index (κ1) is 16.6. The molecule has 140 valence electrons. The standard InChI is InChI=1S/C20H25NO4S/c1-19-7-6-15-16(20(19)8-4-13(19)5-9-20)3-2-12-10-14(25-26(21,23)24)11-17(22)18(12)15/h4,8,10-11,13,15-16,22H,2-3,5-7,9H2,1H3,(H2,21,23,24)/t13-,15+,16-,19-,20+/m1/s1. The van der Waals surface area contributed by atoms with E-state index in [0.29, 0.717) is 23.2 Å². The van der Waals surface area contributed by atoms with Crippen LogP contribution in [-0.2, 0) is 16.7 Å². The number of benzene rings is 1. The highest BCUT2D eigenvalue weighted by molar-refractivity contribution is 7.84. The molecule has 6 heteroatoms. The summed E-state index contributed by atoms with van der Waals surface area (Å²) in [5.41, 5.74) is 2.64. The number of allylic oxidation sites excluding steroid dienone is 2. The SMILES string of the molecule is C[C@]12CC[C@@H]3c4c(O)cc(OS(N)(=O)=O)cc4CC[C@H]3[C@@]13C=C[C@@H]2CC3. The second kappa shape index (κ2) is 5.04. The Morgan fingerprint density at radius 2 is 2.04 bits per heavy atom. The van der Waals surface area contributed by atoms with Gasteiger partial charge in [-0.05, 0) is 78.7 Å². The zero-order chi connectivity index (χ0) is 18.3. The van der Waals surface area contributed by atoms with Gasteiger partial charge in [0.15, 0.2) is 0 Å². The quantitative estimate of drug-likeness (QED) is 0.776. The van der Waals surface area contributed by atoms with Crippen molar-refractivity contribution in [3.8, 4) is 11.5 Å². The van der Waals surface area contributed by atoms with Crippen molar-refractivity contribution in [3.05, 3.63) is 35.4 Å². The molecule has 0 spiro atoms. The van der Waals surface area contributed by atoms with E-state index in [1.807, 2.05) is 0 Å². The van der Waals surface area contributed by atoms with Gasteiger partial charge in [0.25, 0.3) is 0 Å². The third-order valence-electron chi connectivity index (χ3n) is 8.02. The summed E-state index contributed by atoms with van der Waals surface area (Å²) < 4.78 is 27.2. The molecule has 0 heterocycles. The van der Waals surface area contributed by atoms with Gasteiger partial charge in [0.1, 0.15) is 11.5 Å². The predicted molar refractivity (Wildman–Crippen MR) is 98.0 cm³/mol. The molecule has 0 aromatic heterocycles. The molecular formula is C20H25NO4S. The van der Waals surface area contributed by atoms with E-state index in [-0.39, 0.29) is 16.9 Å². The molecule has 26 heavy (non-hydrogen) atoms. The van der Waals surface area contributed by atoms with E-state index in [1.54, 1.807) is 6.07 Å². The van der Waals surface area contributed by atoms with E-state index in [4.69, 9.17) is 9.32 Å². The van der Waals surface area contributed by atoms with E-state index in [1.165, 1.54) is 25.3 Å². The summed E-state index contributed by atoms with van der Waals surface area (Å²) >= 11 is 0. The van der Waals surface area contributed by atoms with Crippen LogP contribution in [0.4, 0.5) is 0 Å². The zero-order valence-corrected chi connectivity index (χ0v) is 15.8. The maximum Gasteiger partial charge on any atom is 0.380 e. The second-order valence-corrected chi connectivity index (χ2v) is 10.00. The van der Waals surface area contributed by atoms with Gasteiger partial charge in [0.2, 0.25) is 0 Å². The lowest BCUT2D eigenvalue weighted by molar-refractivity contribution is -0.00914. The van der Waals surface area contributed by atoms with Crippen LogP contribution < -0.4 is 9.32 Å². The third-order valence-corrected chi connectivity index (χ3v) is 8.45. The minimum atomic E-state index is -4.09. The zero-order valence-electron chi connectivity index (χ0n) is 14.9. The van der Waals surface area contributed by atoms with Crippen LogP contribution in [0, 0.1) is 22.7 Å². The summed E-state index contributed by atoms with van der Waals surface area (Å²) in [6, 6.07) is 3.14. The fraction of sp³-hybridized carbons (Fsp3) is 0.600. The monoisotopic (exact) mass is 375 g/mol. The lowest BCUT2D eigenvalue weighted by Crippen LogP contribution is -2.47. The first-order chi connectivity index (χ1) is 12.2. The molecule has 0 radical (unpaired) electrons. The number of rotatable bonds is 2. The predicted octanol–water partition coefficient (Wildman–Crippen LogP) is 3.39. The number of nitrogens with two attached hydrogens (primary N) is 1. The summed E-state index contributed by atoms with van der Waals surface area (Å²) in [4.78, 5) is 0. The summed E-state index contributed by atoms with van der Waals surface area (Å²) in [6.45, 7) is 2.47. The molecule has 2 fully saturated rings. The first-order valence-electron chi connectivity index (χ1n) is 9.51. The van der Waals surface area contributed by atoms with Gasteiger partial charge in [-0.15, -0.1) is 0 Å². The van der Waals surface area contributed by atoms with Crippen molar-refractivity contribution in [1.29, 1.82) is 0 Å². The second-order valence-electron chi connectivity index (χ2n) is 8.84. The van der Waals surface area contributed by atoms with Crippen molar-refractivity contribution in [2.24, 2.45) is 27.8 Å². The summed E-state index contributed by atoms with van der Waals surface area (Å²) in [5, 5.41) is 15.7. The van der Waals surface area contributed by atoms with E-state index < -0.39 is 10.3 Å². The maximum atomic E-state index is 11.2. The Morgan fingerprint density at radius 1 is 1.23 bits per heavy atom. The fourth-order valence-electron chi connectivity index (χ4n) is 6.98. The molecule has 2 bridgehead atoms. The minimum Gasteiger partial charge on any atom is -0.508 e. The van der Waals surface area contributed by atoms with Crippen LogP contribution >= 0.6 is 0 Å². The molecule has 4 aliphatic rings. The average Bonchev–Trinajstić information content (AvgIpc) is 3.01. The van der Waals surface area contributed by atoms with Crippen LogP contribution in [0.5, 0.6) is 11.5 Å². The number of fused-ring (bicyclic) bond motifs is 3. The average molecular weight is 375 g/mol. The Bertz CT molecular complexity index is 924. The van der Waals surface area contributed by atoms with E-state index in [2.05, 4.69) is 19.1 Å². The van der Waals surface area contributed by atoms with Crippen LogP contribution in [0.15, 0.2) is 24.3 Å². The summed E-state index contributed by atoms with van der Waals surface area (Å²) in [5.74, 6) is 1.84. The molecule has 0 aliphatic heterocycles. The van der Waals surface area contributed by atoms with Crippen molar-refractivity contribution in [1.82, 2.24) is 0 Å². The van der Waals surface area contributed by atoms with Gasteiger partial charge in [0, 0.05) is 11.6 Å². The highest BCUT2D eigenvalue weighted by Crippen LogP contribution is 2.74. The molecule has 5 nitrogen and oxygen atoms in total. The highest BCUT2D eigenvalue weighted by atomic mass is 32.2. The van der Waals surface area contributed by atoms with Crippen molar-refractivity contribution >= 4 is 10.3 Å². The Labute approximate surface area is 154 Å². The van der Waals surface area contributed by atoms with Gasteiger partial charge in [-0.2, -0.15) is 13.6 Å². The molecule has 5 atom stereocenters. The molecule has 2 saturated carbocycles. The van der Waals surface area contributed by atoms with Gasteiger partial charge < -0.3 is 9.29 Å². The number of aromatic hydroxyl groups is 1. The van der Waals surface area contributed by atoms with Crippen LogP contribution in [0.1, 0.15) is 56.1 Å². The van der Waals surface area contributed by atoms with E-state index in [9.17, 15) is 13.5 Å². The first-order valence-corrected chi connectivity index (χ1v) is 11.0. The smallest absolute Gasteiger partial charge is 0.380 e. The van der Waals surface area contributed by atoms with Gasteiger partial charge >= 0.3 is 10.3 Å². The molecule has 5 rings (SSSR count). The molecule has 1 aromatic carbocycles. The van der Waals surface area contributed by atoms with Crippen LogP contribution in [-0.4, -0.2) is 13.5 Å². The lowest BCUT2D eigenvalue weighted by atomic mass is 9.48. The topological polar surface area (TPSA) is 89.6 Å². The van der Waals surface area contributed by atoms with Crippen molar-refractivity contribution in [3.63, 3.8) is 0 Å². The highest BCUT2D eigenvalue weighted by Gasteiger charge is 2.65. The molecule has 0 saturated heterocycles. The Balaban J connectivity index is 1.57. The number of hydrogen-bond donors (Lipinski definition) is 2. The van der Waals surface area contributed by atoms with Crippen LogP contribution in [0.25, 0.3) is 0 Å². The van der Waals surface area contributed by atoms with Crippen LogP contribution in [0.3, 0.4) is 0 Å². The fourth-order valence-corrected chi connectivity index (χ4v) is 7.35. The molecule has 0 unspecified atom stereocenters. The number of phenolic OH excluding ortho intramolecular Hbond substituents is 1. The summed E-state index contributed by atoms with van der Waals surface area (Å²) in [6.07, 6.45) is 11.7. The molecule has 4 aliphatic carbocycles. The molecule has 0 amide bonds. The largest absolute Gasteiger partial charge is 0.508 e. The molecular weight excluding hydrogens is 350 g/mol. The van der Waals surface area contributed by atoms with Crippen molar-refractivity contribution in [2.75, 3.05) is 0 Å². The Hall–Kier alpha value is -1.53. The van der Waals surface area contributed by atoms with E-state index >= 15 is 0 Å². The van der Waals surface area contributed by atoms with Crippen molar-refractivity contribution < 1.29 is 17.7 Å². The molecule has 1 aromatic rings. The normalized spacial score (nSPS) is 40.0. The van der Waals surface area contributed by atoms with Gasteiger partial charge in [-0.3, -0.25) is 0 Å². The Morgan fingerprint density at radius 3 is 2.73 bits per heavy atom. The lowest BCUT2D eigenvalue weighted by Gasteiger charge is -2.55.